The normalized spacial score (nSPS) is 9.74. The fourth-order valence-corrected chi connectivity index (χ4v) is 1.88. The van der Waals surface area contributed by atoms with Crippen LogP contribution in [-0.2, 0) is 0 Å². The quantitative estimate of drug-likeness (QED) is 0.669. The molecule has 3 rings (SSSR count). The van der Waals surface area contributed by atoms with Crippen molar-refractivity contribution in [3.63, 3.8) is 0 Å². The van der Waals surface area contributed by atoms with E-state index in [1.54, 1.807) is 12.1 Å². The van der Waals surface area contributed by atoms with Gasteiger partial charge in [0, 0.05) is 22.3 Å². The van der Waals surface area contributed by atoms with E-state index < -0.39 is 0 Å². The Labute approximate surface area is 127 Å². The van der Waals surface area contributed by atoms with Crippen molar-refractivity contribution in [2.45, 2.75) is 0 Å². The molecule has 0 amide bonds. The molecule has 3 nitrogen and oxygen atoms in total. The Balaban J connectivity index is 0.000000902. The summed E-state index contributed by atoms with van der Waals surface area (Å²) in [6, 6.07) is 12.8. The molecule has 0 saturated heterocycles. The number of nitrogens with two attached hydrogens (primary N) is 1. The van der Waals surface area contributed by atoms with E-state index in [1.165, 1.54) is 0 Å². The Morgan fingerprint density at radius 3 is 2.58 bits per heavy atom. The zero-order chi connectivity index (χ0) is 11.8. The highest BCUT2D eigenvalue weighted by Crippen LogP contribution is 2.26. The molecule has 0 aliphatic heterocycles. The average Bonchev–Trinajstić information content (AvgIpc) is 2.72. The van der Waals surface area contributed by atoms with Crippen molar-refractivity contribution >= 4 is 53.2 Å². The number of rotatable bonds is 1. The molecule has 0 fully saturated rings. The second-order valence-electron chi connectivity index (χ2n) is 3.76. The van der Waals surface area contributed by atoms with Gasteiger partial charge in [0.2, 0.25) is 5.89 Å². The molecule has 0 spiro atoms. The lowest BCUT2D eigenvalue weighted by atomic mass is 10.2. The van der Waals surface area contributed by atoms with Gasteiger partial charge in [0.25, 0.3) is 0 Å². The predicted molar refractivity (Wildman–Crippen MR) is 83.4 cm³/mol. The summed E-state index contributed by atoms with van der Waals surface area (Å²) in [5.41, 5.74) is 8.67. The smallest absolute Gasteiger partial charge is 0.227 e. The van der Waals surface area contributed by atoms with Crippen LogP contribution in [0.1, 0.15) is 0 Å². The third-order valence-electron chi connectivity index (χ3n) is 2.48. The van der Waals surface area contributed by atoms with Gasteiger partial charge in [0.15, 0.2) is 5.58 Å². The van der Waals surface area contributed by atoms with E-state index in [4.69, 9.17) is 21.8 Å². The fraction of sp³-hybridized carbons (Fsp3) is 0. The van der Waals surface area contributed by atoms with Gasteiger partial charge in [-0.1, -0.05) is 17.7 Å². The molecule has 0 aliphatic carbocycles. The molecule has 0 unspecified atom stereocenters. The lowest BCUT2D eigenvalue weighted by Gasteiger charge is -1.94. The van der Waals surface area contributed by atoms with E-state index in [0.29, 0.717) is 22.2 Å². The predicted octanol–water partition coefficient (Wildman–Crippen LogP) is 4.57. The first-order valence-corrected chi connectivity index (χ1v) is 5.52. The van der Waals surface area contributed by atoms with Gasteiger partial charge >= 0.3 is 0 Å². The number of aromatic nitrogens is 1. The van der Waals surface area contributed by atoms with E-state index in [0.717, 1.165) is 11.1 Å². The standard InChI is InChI=1S/C13H9ClN2O.2ClH/c14-9-3-1-2-8(6-9)13-16-11-5-4-10(15)7-12(11)17-13;;/h1-7H,15H2;2*1H. The number of nitrogen functional groups attached to an aromatic ring is 1. The van der Waals surface area contributed by atoms with Crippen LogP contribution in [0.2, 0.25) is 5.02 Å². The number of fused-ring (bicyclic) bond motifs is 1. The number of nitrogens with zero attached hydrogens (tertiary/aromatic N) is 1. The van der Waals surface area contributed by atoms with Crippen molar-refractivity contribution in [1.29, 1.82) is 0 Å². The monoisotopic (exact) mass is 316 g/mol. The van der Waals surface area contributed by atoms with E-state index in [9.17, 15) is 0 Å². The van der Waals surface area contributed by atoms with Gasteiger partial charge < -0.3 is 10.2 Å². The van der Waals surface area contributed by atoms with E-state index >= 15 is 0 Å². The van der Waals surface area contributed by atoms with Gasteiger partial charge in [-0.3, -0.25) is 0 Å². The molecule has 0 radical (unpaired) electrons. The molecule has 1 aromatic heterocycles. The molecule has 1 heterocycles. The van der Waals surface area contributed by atoms with Crippen molar-refractivity contribution in [3.8, 4) is 11.5 Å². The number of halogens is 3. The summed E-state index contributed by atoms with van der Waals surface area (Å²) in [5, 5.41) is 0.657. The first-order chi connectivity index (χ1) is 8.22. The second-order valence-corrected chi connectivity index (χ2v) is 4.19. The summed E-state index contributed by atoms with van der Waals surface area (Å²) in [5.74, 6) is 0.549. The lowest BCUT2D eigenvalue weighted by Crippen LogP contribution is -1.81. The molecule has 19 heavy (non-hydrogen) atoms. The van der Waals surface area contributed by atoms with Crippen LogP contribution >= 0.6 is 36.4 Å². The minimum atomic E-state index is 0. The Hall–Kier alpha value is -1.42. The average molecular weight is 318 g/mol. The molecular weight excluding hydrogens is 307 g/mol. The van der Waals surface area contributed by atoms with Gasteiger partial charge in [-0.15, -0.1) is 24.8 Å². The summed E-state index contributed by atoms with van der Waals surface area (Å²) < 4.78 is 5.64. The van der Waals surface area contributed by atoms with E-state index in [1.807, 2.05) is 30.3 Å². The minimum absolute atomic E-state index is 0. The Bertz CT molecular complexity index is 697. The van der Waals surface area contributed by atoms with E-state index in [2.05, 4.69) is 4.98 Å². The first kappa shape index (κ1) is 15.6. The maximum atomic E-state index is 5.93. The van der Waals surface area contributed by atoms with Gasteiger partial charge in [0.1, 0.15) is 5.52 Å². The van der Waals surface area contributed by atoms with E-state index in [-0.39, 0.29) is 24.8 Å². The largest absolute Gasteiger partial charge is 0.436 e. The van der Waals surface area contributed by atoms with Crippen molar-refractivity contribution in [3.05, 3.63) is 47.5 Å². The summed E-state index contributed by atoms with van der Waals surface area (Å²) in [6.45, 7) is 0. The molecule has 2 N–H and O–H groups in total. The SMILES string of the molecule is Cl.Cl.Nc1ccc2nc(-c3cccc(Cl)c3)oc2c1. The molecule has 6 heteroatoms. The number of oxazole rings is 1. The fourth-order valence-electron chi connectivity index (χ4n) is 1.69. The topological polar surface area (TPSA) is 52.0 Å². The minimum Gasteiger partial charge on any atom is -0.436 e. The first-order valence-electron chi connectivity index (χ1n) is 5.14. The highest BCUT2D eigenvalue weighted by atomic mass is 35.5. The maximum absolute atomic E-state index is 5.93. The summed E-state index contributed by atoms with van der Waals surface area (Å²) in [4.78, 5) is 4.38. The van der Waals surface area contributed by atoms with Crippen LogP contribution in [0, 0.1) is 0 Å². The van der Waals surface area contributed by atoms with Crippen LogP contribution in [0.4, 0.5) is 5.69 Å². The number of anilines is 1. The van der Waals surface area contributed by atoms with Crippen molar-refractivity contribution < 1.29 is 4.42 Å². The van der Waals surface area contributed by atoms with Gasteiger partial charge in [-0.05, 0) is 30.3 Å². The van der Waals surface area contributed by atoms with Gasteiger partial charge in [-0.25, -0.2) is 4.98 Å². The van der Waals surface area contributed by atoms with Crippen LogP contribution in [0.3, 0.4) is 0 Å². The Morgan fingerprint density at radius 2 is 1.84 bits per heavy atom. The van der Waals surface area contributed by atoms with Gasteiger partial charge in [0.05, 0.1) is 0 Å². The summed E-state index contributed by atoms with van der Waals surface area (Å²) in [7, 11) is 0. The van der Waals surface area contributed by atoms with Crippen LogP contribution in [0.25, 0.3) is 22.6 Å². The number of benzene rings is 2. The number of hydrogen-bond acceptors (Lipinski definition) is 3. The summed E-state index contributed by atoms with van der Waals surface area (Å²) in [6.07, 6.45) is 0. The molecule has 3 aromatic rings. The Kier molecular flexibility index (Phi) is 5.06. The Morgan fingerprint density at radius 1 is 1.05 bits per heavy atom. The van der Waals surface area contributed by atoms with Crippen molar-refractivity contribution in [1.82, 2.24) is 4.98 Å². The van der Waals surface area contributed by atoms with Crippen LogP contribution in [0.15, 0.2) is 46.9 Å². The second kappa shape index (κ2) is 6.15. The van der Waals surface area contributed by atoms with Crippen molar-refractivity contribution in [2.75, 3.05) is 5.73 Å². The zero-order valence-electron chi connectivity index (χ0n) is 9.67. The molecule has 0 saturated carbocycles. The molecule has 2 aromatic carbocycles. The molecule has 0 atom stereocenters. The highest BCUT2D eigenvalue weighted by molar-refractivity contribution is 6.30. The zero-order valence-corrected chi connectivity index (χ0v) is 12.1. The lowest BCUT2D eigenvalue weighted by molar-refractivity contribution is 0.620. The van der Waals surface area contributed by atoms with Crippen molar-refractivity contribution in [2.24, 2.45) is 0 Å². The molecule has 0 aliphatic rings. The number of hydrogen-bond donors (Lipinski definition) is 1. The maximum Gasteiger partial charge on any atom is 0.227 e. The van der Waals surface area contributed by atoms with Gasteiger partial charge in [-0.2, -0.15) is 0 Å². The summed E-state index contributed by atoms with van der Waals surface area (Å²) >= 11 is 5.93. The van der Waals surface area contributed by atoms with Crippen LogP contribution in [0.5, 0.6) is 0 Å². The molecule has 100 valence electrons. The third kappa shape index (κ3) is 3.13. The van der Waals surface area contributed by atoms with Crippen LogP contribution in [-0.4, -0.2) is 4.98 Å². The van der Waals surface area contributed by atoms with Crippen LogP contribution < -0.4 is 5.73 Å². The molecule has 0 bridgehead atoms. The highest BCUT2D eigenvalue weighted by Gasteiger charge is 2.08. The molecular formula is C13H11Cl3N2O. The third-order valence-corrected chi connectivity index (χ3v) is 2.72.